The molecule has 6 heteroatoms. The molecule has 1 amide bonds. The highest BCUT2D eigenvalue weighted by Gasteiger charge is 2.20. The molecule has 0 aliphatic carbocycles. The Kier molecular flexibility index (Phi) is 4.32. The van der Waals surface area contributed by atoms with Crippen molar-refractivity contribution in [3.63, 3.8) is 0 Å². The molecule has 0 fully saturated rings. The van der Waals surface area contributed by atoms with Crippen molar-refractivity contribution in [2.45, 2.75) is 6.92 Å². The summed E-state index contributed by atoms with van der Waals surface area (Å²) in [4.78, 5) is 24.6. The Bertz CT molecular complexity index is 416. The van der Waals surface area contributed by atoms with Gasteiger partial charge in [0.15, 0.2) is 0 Å². The van der Waals surface area contributed by atoms with E-state index in [0.717, 1.165) is 5.56 Å². The zero-order chi connectivity index (χ0) is 12.3. The second-order valence-corrected chi connectivity index (χ2v) is 4.56. The van der Waals surface area contributed by atoms with Gasteiger partial charge >= 0.3 is 5.97 Å². The van der Waals surface area contributed by atoms with Crippen molar-refractivity contribution in [2.75, 3.05) is 20.7 Å². The summed E-state index contributed by atoms with van der Waals surface area (Å²) in [6, 6.07) is 0. The van der Waals surface area contributed by atoms with Crippen LogP contribution in [-0.4, -0.2) is 37.5 Å². The van der Waals surface area contributed by atoms with E-state index in [-0.39, 0.29) is 12.5 Å². The number of nitrogens with zero attached hydrogens (tertiary/aromatic N) is 1. The lowest BCUT2D eigenvalue weighted by atomic mass is 10.3. The first-order valence-corrected chi connectivity index (χ1v) is 5.79. The molecule has 0 radical (unpaired) electrons. The van der Waals surface area contributed by atoms with Gasteiger partial charge in [0, 0.05) is 7.05 Å². The van der Waals surface area contributed by atoms with Crippen LogP contribution in [0.2, 0.25) is 5.02 Å². The minimum atomic E-state index is -0.458. The molecule has 0 saturated heterocycles. The molecule has 0 N–H and O–H groups in total. The molecule has 4 nitrogen and oxygen atoms in total. The van der Waals surface area contributed by atoms with Crippen molar-refractivity contribution in [3.8, 4) is 0 Å². The highest BCUT2D eigenvalue weighted by Crippen LogP contribution is 2.27. The Morgan fingerprint density at radius 1 is 1.56 bits per heavy atom. The largest absolute Gasteiger partial charge is 0.468 e. The number of halogens is 1. The Labute approximate surface area is 103 Å². The van der Waals surface area contributed by atoms with Crippen LogP contribution in [-0.2, 0) is 9.53 Å². The smallest absolute Gasteiger partial charge is 0.325 e. The van der Waals surface area contributed by atoms with Gasteiger partial charge < -0.3 is 9.64 Å². The third-order valence-corrected chi connectivity index (χ3v) is 3.72. The van der Waals surface area contributed by atoms with Crippen LogP contribution < -0.4 is 0 Å². The third-order valence-electron chi connectivity index (χ3n) is 2.03. The minimum Gasteiger partial charge on any atom is -0.468 e. The maximum absolute atomic E-state index is 11.9. The summed E-state index contributed by atoms with van der Waals surface area (Å²) in [6.07, 6.45) is 0. The first-order valence-electron chi connectivity index (χ1n) is 4.53. The Hall–Kier alpha value is -1.07. The van der Waals surface area contributed by atoms with Crippen molar-refractivity contribution >= 4 is 34.8 Å². The SMILES string of the molecule is COC(=O)CN(C)C(=O)c1scc(C)c1Cl. The van der Waals surface area contributed by atoms with Crippen molar-refractivity contribution in [1.82, 2.24) is 4.90 Å². The number of aryl methyl sites for hydroxylation is 1. The molecule has 1 rings (SSSR count). The summed E-state index contributed by atoms with van der Waals surface area (Å²) in [5.41, 5.74) is 0.862. The lowest BCUT2D eigenvalue weighted by Crippen LogP contribution is -2.32. The van der Waals surface area contributed by atoms with Crippen LogP contribution in [0.1, 0.15) is 15.2 Å². The van der Waals surface area contributed by atoms with Crippen LogP contribution in [0.4, 0.5) is 0 Å². The lowest BCUT2D eigenvalue weighted by Gasteiger charge is -2.14. The third kappa shape index (κ3) is 2.74. The van der Waals surface area contributed by atoms with Gasteiger partial charge in [-0.3, -0.25) is 9.59 Å². The predicted octanol–water partition coefficient (Wildman–Crippen LogP) is 1.95. The summed E-state index contributed by atoms with van der Waals surface area (Å²) in [5, 5.41) is 2.26. The van der Waals surface area contributed by atoms with E-state index in [2.05, 4.69) is 4.74 Å². The number of hydrogen-bond donors (Lipinski definition) is 0. The first-order chi connectivity index (χ1) is 7.47. The Balaban J connectivity index is 2.78. The van der Waals surface area contributed by atoms with E-state index in [1.807, 2.05) is 12.3 Å². The van der Waals surface area contributed by atoms with Crippen LogP contribution in [0.5, 0.6) is 0 Å². The quantitative estimate of drug-likeness (QED) is 0.782. The molecule has 0 aromatic carbocycles. The van der Waals surface area contributed by atoms with E-state index in [9.17, 15) is 9.59 Å². The van der Waals surface area contributed by atoms with E-state index in [1.54, 1.807) is 0 Å². The highest BCUT2D eigenvalue weighted by molar-refractivity contribution is 7.13. The zero-order valence-electron chi connectivity index (χ0n) is 9.24. The zero-order valence-corrected chi connectivity index (χ0v) is 10.8. The number of thiophene rings is 1. The van der Waals surface area contributed by atoms with Crippen molar-refractivity contribution < 1.29 is 14.3 Å². The normalized spacial score (nSPS) is 10.0. The fraction of sp³-hybridized carbons (Fsp3) is 0.400. The van der Waals surface area contributed by atoms with Gasteiger partial charge in [-0.2, -0.15) is 0 Å². The molecule has 88 valence electrons. The molecule has 0 saturated carbocycles. The number of likely N-dealkylation sites (N-methyl/N-ethyl adjacent to an activating group) is 1. The summed E-state index contributed by atoms with van der Waals surface area (Å²) >= 11 is 7.24. The summed E-state index contributed by atoms with van der Waals surface area (Å²) < 4.78 is 4.48. The molecule has 0 aliphatic rings. The fourth-order valence-corrected chi connectivity index (χ4v) is 2.34. The van der Waals surface area contributed by atoms with E-state index < -0.39 is 5.97 Å². The van der Waals surface area contributed by atoms with Gasteiger partial charge in [0.2, 0.25) is 0 Å². The standard InChI is InChI=1S/C10H12ClNO3S/c1-6-5-16-9(8(6)11)10(14)12(2)4-7(13)15-3/h5H,4H2,1-3H3. The van der Waals surface area contributed by atoms with Gasteiger partial charge in [0.05, 0.1) is 12.1 Å². The minimum absolute atomic E-state index is 0.0807. The molecule has 1 aromatic rings. The molecule has 16 heavy (non-hydrogen) atoms. The van der Waals surface area contributed by atoms with Crippen LogP contribution in [0.3, 0.4) is 0 Å². The van der Waals surface area contributed by atoms with E-state index in [0.29, 0.717) is 9.90 Å². The van der Waals surface area contributed by atoms with Gasteiger partial charge in [0.1, 0.15) is 11.4 Å². The summed E-state index contributed by atoms with van der Waals surface area (Å²) in [6.45, 7) is 1.75. The van der Waals surface area contributed by atoms with Crippen molar-refractivity contribution in [3.05, 3.63) is 20.8 Å². The summed E-state index contributed by atoms with van der Waals surface area (Å²) in [7, 11) is 2.81. The lowest BCUT2D eigenvalue weighted by molar-refractivity contribution is -0.141. The monoisotopic (exact) mass is 261 g/mol. The van der Waals surface area contributed by atoms with Crippen molar-refractivity contribution in [1.29, 1.82) is 0 Å². The molecule has 0 spiro atoms. The van der Waals surface area contributed by atoms with E-state index >= 15 is 0 Å². The second kappa shape index (κ2) is 5.32. The average Bonchev–Trinajstić information content (AvgIpc) is 2.58. The maximum atomic E-state index is 11.9. The predicted molar refractivity (Wildman–Crippen MR) is 63.0 cm³/mol. The van der Waals surface area contributed by atoms with Crippen LogP contribution in [0.15, 0.2) is 5.38 Å². The van der Waals surface area contributed by atoms with Crippen molar-refractivity contribution in [2.24, 2.45) is 0 Å². The maximum Gasteiger partial charge on any atom is 0.325 e. The molecular formula is C10H12ClNO3S. The topological polar surface area (TPSA) is 46.6 Å². The molecule has 0 unspecified atom stereocenters. The van der Waals surface area contributed by atoms with Gasteiger partial charge in [-0.05, 0) is 17.9 Å². The number of ether oxygens (including phenoxy) is 1. The molecule has 1 aromatic heterocycles. The van der Waals surface area contributed by atoms with Crippen LogP contribution in [0.25, 0.3) is 0 Å². The molecule has 0 aliphatic heterocycles. The van der Waals surface area contributed by atoms with Gasteiger partial charge in [-0.1, -0.05) is 11.6 Å². The second-order valence-electron chi connectivity index (χ2n) is 3.30. The number of hydrogen-bond acceptors (Lipinski definition) is 4. The number of rotatable bonds is 3. The number of carbonyl (C=O) groups is 2. The molecule has 1 heterocycles. The molecule has 0 bridgehead atoms. The number of esters is 1. The van der Waals surface area contributed by atoms with Gasteiger partial charge in [0.25, 0.3) is 5.91 Å². The van der Waals surface area contributed by atoms with Gasteiger partial charge in [-0.25, -0.2) is 0 Å². The Morgan fingerprint density at radius 3 is 2.62 bits per heavy atom. The summed E-state index contributed by atoms with van der Waals surface area (Å²) in [5.74, 6) is -0.728. The molecular weight excluding hydrogens is 250 g/mol. The highest BCUT2D eigenvalue weighted by atomic mass is 35.5. The Morgan fingerprint density at radius 2 is 2.19 bits per heavy atom. The number of amides is 1. The number of methoxy groups -OCH3 is 1. The fourth-order valence-electron chi connectivity index (χ4n) is 1.08. The van der Waals surface area contributed by atoms with Crippen LogP contribution >= 0.6 is 22.9 Å². The van der Waals surface area contributed by atoms with Gasteiger partial charge in [-0.15, -0.1) is 11.3 Å². The van der Waals surface area contributed by atoms with E-state index in [1.165, 1.54) is 30.4 Å². The first kappa shape index (κ1) is 13.0. The van der Waals surface area contributed by atoms with Crippen LogP contribution in [0, 0.1) is 6.92 Å². The van der Waals surface area contributed by atoms with E-state index in [4.69, 9.17) is 11.6 Å². The molecule has 0 atom stereocenters. The average molecular weight is 262 g/mol. The number of carbonyl (C=O) groups excluding carboxylic acids is 2.